The minimum Gasteiger partial charge on any atom is -0.479 e. The van der Waals surface area contributed by atoms with Crippen molar-refractivity contribution in [1.82, 2.24) is 14.8 Å². The van der Waals surface area contributed by atoms with Gasteiger partial charge < -0.3 is 19.1 Å². The molecule has 0 spiro atoms. The second-order valence-corrected chi connectivity index (χ2v) is 10.6. The van der Waals surface area contributed by atoms with Gasteiger partial charge in [-0.3, -0.25) is 5.10 Å². The number of hydrogen-bond acceptors (Lipinski definition) is 4. The number of aryl methyl sites for hydroxylation is 1. The fourth-order valence-electron chi connectivity index (χ4n) is 6.02. The van der Waals surface area contributed by atoms with E-state index >= 15 is 0 Å². The molecule has 7 nitrogen and oxygen atoms in total. The number of aromatic nitrogens is 3. The molecular weight excluding hydrogens is 461 g/mol. The van der Waals surface area contributed by atoms with Gasteiger partial charge in [0.2, 0.25) is 0 Å². The number of benzene rings is 2. The van der Waals surface area contributed by atoms with Crippen LogP contribution < -0.4 is 0 Å². The van der Waals surface area contributed by atoms with Gasteiger partial charge in [-0.1, -0.05) is 13.8 Å². The standard InChI is InChI=1S/C28H32FN3O4/c1-16-10-19(6-7-21(16)29)32-23-11-18-14-30-31-22(18)12-20(23)24(25(32)27(2,3)15-35-4)17-8-9-28(13-17,36-5)26(33)34/h6-7,10-12,14,17H,8-9,13,15H2,1-5H3,(H,30,31)(H,33,34)/t17-,28+/m1/s1. The van der Waals surface area contributed by atoms with Gasteiger partial charge in [0.05, 0.1) is 23.8 Å². The maximum absolute atomic E-state index is 14.3. The third-order valence-corrected chi connectivity index (χ3v) is 7.77. The zero-order valence-corrected chi connectivity index (χ0v) is 21.3. The molecule has 36 heavy (non-hydrogen) atoms. The van der Waals surface area contributed by atoms with Gasteiger partial charge in [-0.15, -0.1) is 0 Å². The molecule has 2 heterocycles. The molecule has 190 valence electrons. The van der Waals surface area contributed by atoms with Crippen LogP contribution in [-0.4, -0.2) is 52.3 Å². The predicted molar refractivity (Wildman–Crippen MR) is 136 cm³/mol. The summed E-state index contributed by atoms with van der Waals surface area (Å²) in [6.45, 7) is 6.47. The van der Waals surface area contributed by atoms with E-state index in [9.17, 15) is 14.3 Å². The van der Waals surface area contributed by atoms with Crippen LogP contribution in [-0.2, 0) is 19.7 Å². The van der Waals surface area contributed by atoms with Crippen LogP contribution in [0.25, 0.3) is 27.5 Å². The highest BCUT2D eigenvalue weighted by Crippen LogP contribution is 2.50. The number of carboxylic acid groups (broad SMARTS) is 1. The molecule has 2 atom stereocenters. The molecule has 1 aliphatic carbocycles. The summed E-state index contributed by atoms with van der Waals surface area (Å²) >= 11 is 0. The topological polar surface area (TPSA) is 89.4 Å². The smallest absolute Gasteiger partial charge is 0.335 e. The minimum absolute atomic E-state index is 0.0437. The summed E-state index contributed by atoms with van der Waals surface area (Å²) in [4.78, 5) is 12.2. The SMILES string of the molecule is COCC(C)(C)c1c([C@@H]2CC[C@@](OC)(C(=O)O)C2)c2cc3[nH]ncc3cc2n1-c1ccc(F)c(C)c1. The van der Waals surface area contributed by atoms with Crippen molar-refractivity contribution in [2.75, 3.05) is 20.8 Å². The third kappa shape index (κ3) is 3.71. The molecule has 0 saturated heterocycles. The number of aliphatic carboxylic acids is 1. The fraction of sp³-hybridized carbons (Fsp3) is 0.429. The number of rotatable bonds is 7. The molecule has 0 aliphatic heterocycles. The zero-order chi connectivity index (χ0) is 25.8. The summed E-state index contributed by atoms with van der Waals surface area (Å²) in [6.07, 6.45) is 3.27. The first-order valence-electron chi connectivity index (χ1n) is 12.2. The molecule has 2 aromatic carbocycles. The molecule has 2 N–H and O–H groups in total. The largest absolute Gasteiger partial charge is 0.479 e. The van der Waals surface area contributed by atoms with E-state index in [1.54, 1.807) is 26.3 Å². The fourth-order valence-corrected chi connectivity index (χ4v) is 6.02. The number of carbonyl (C=O) groups is 1. The van der Waals surface area contributed by atoms with Crippen molar-refractivity contribution in [3.63, 3.8) is 0 Å². The Labute approximate surface area is 209 Å². The van der Waals surface area contributed by atoms with Gasteiger partial charge in [0, 0.05) is 41.8 Å². The lowest BCUT2D eigenvalue weighted by Crippen LogP contribution is -2.38. The number of carboxylic acids is 1. The van der Waals surface area contributed by atoms with Crippen LogP contribution in [0.3, 0.4) is 0 Å². The van der Waals surface area contributed by atoms with Crippen molar-refractivity contribution >= 4 is 27.8 Å². The van der Waals surface area contributed by atoms with Gasteiger partial charge >= 0.3 is 5.97 Å². The zero-order valence-electron chi connectivity index (χ0n) is 21.3. The predicted octanol–water partition coefficient (Wildman–Crippen LogP) is 5.62. The number of hydrogen-bond donors (Lipinski definition) is 2. The number of ether oxygens (including phenoxy) is 2. The van der Waals surface area contributed by atoms with Gasteiger partial charge in [0.1, 0.15) is 5.82 Å². The maximum atomic E-state index is 14.3. The average molecular weight is 494 g/mol. The van der Waals surface area contributed by atoms with E-state index in [1.807, 2.05) is 6.07 Å². The lowest BCUT2D eigenvalue weighted by molar-refractivity contribution is -0.161. The summed E-state index contributed by atoms with van der Waals surface area (Å²) in [5.41, 5.74) is 3.75. The van der Waals surface area contributed by atoms with Crippen LogP contribution in [0.2, 0.25) is 0 Å². The molecule has 8 heteroatoms. The number of H-pyrrole nitrogens is 1. The monoisotopic (exact) mass is 493 g/mol. The molecule has 4 aromatic rings. The molecule has 0 amide bonds. The second-order valence-electron chi connectivity index (χ2n) is 10.6. The number of fused-ring (bicyclic) bond motifs is 2. The Hall–Kier alpha value is -3.23. The van der Waals surface area contributed by atoms with Crippen LogP contribution in [0, 0.1) is 12.7 Å². The number of methoxy groups -OCH3 is 2. The Morgan fingerprint density at radius 3 is 2.72 bits per heavy atom. The Bertz CT molecular complexity index is 1470. The summed E-state index contributed by atoms with van der Waals surface area (Å²) in [5.74, 6) is -1.23. The first-order valence-corrected chi connectivity index (χ1v) is 12.2. The molecule has 2 aromatic heterocycles. The number of aromatic amines is 1. The van der Waals surface area contributed by atoms with Crippen LogP contribution in [0.15, 0.2) is 36.5 Å². The highest BCUT2D eigenvalue weighted by Gasteiger charge is 2.48. The minimum atomic E-state index is -1.22. The van der Waals surface area contributed by atoms with Crippen LogP contribution in [0.4, 0.5) is 4.39 Å². The van der Waals surface area contributed by atoms with Crippen LogP contribution in [0.5, 0.6) is 0 Å². The summed E-state index contributed by atoms with van der Waals surface area (Å²) < 4.78 is 27.7. The lowest BCUT2D eigenvalue weighted by atomic mass is 9.81. The molecule has 1 aliphatic rings. The average Bonchev–Trinajstić information content (AvgIpc) is 3.55. The van der Waals surface area contributed by atoms with Crippen molar-refractivity contribution in [2.45, 2.75) is 57.0 Å². The number of nitrogens with zero attached hydrogens (tertiary/aromatic N) is 2. The molecule has 1 fully saturated rings. The van der Waals surface area contributed by atoms with Crippen LogP contribution in [0.1, 0.15) is 55.8 Å². The van der Waals surface area contributed by atoms with E-state index in [1.165, 1.54) is 13.2 Å². The van der Waals surface area contributed by atoms with Crippen molar-refractivity contribution in [3.8, 4) is 5.69 Å². The Balaban J connectivity index is 1.87. The number of halogens is 1. The van der Waals surface area contributed by atoms with Gasteiger partial charge in [-0.05, 0) is 73.6 Å². The van der Waals surface area contributed by atoms with E-state index in [2.05, 4.69) is 40.7 Å². The lowest BCUT2D eigenvalue weighted by Gasteiger charge is -2.30. The van der Waals surface area contributed by atoms with E-state index in [4.69, 9.17) is 9.47 Å². The van der Waals surface area contributed by atoms with E-state index in [-0.39, 0.29) is 11.7 Å². The summed E-state index contributed by atoms with van der Waals surface area (Å²) in [6, 6.07) is 9.34. The number of nitrogens with one attached hydrogen (secondary N) is 1. The first kappa shape index (κ1) is 24.5. The Morgan fingerprint density at radius 1 is 1.31 bits per heavy atom. The van der Waals surface area contributed by atoms with E-state index < -0.39 is 17.0 Å². The highest BCUT2D eigenvalue weighted by atomic mass is 19.1. The van der Waals surface area contributed by atoms with E-state index in [0.717, 1.165) is 38.8 Å². The van der Waals surface area contributed by atoms with Crippen molar-refractivity contribution in [3.05, 3.63) is 59.2 Å². The third-order valence-electron chi connectivity index (χ3n) is 7.77. The van der Waals surface area contributed by atoms with Crippen molar-refractivity contribution in [2.24, 2.45) is 0 Å². The Morgan fingerprint density at radius 2 is 2.08 bits per heavy atom. The molecular formula is C28H32FN3O4. The normalized spacial score (nSPS) is 20.6. The van der Waals surface area contributed by atoms with Gasteiger partial charge in [0.15, 0.2) is 5.60 Å². The summed E-state index contributed by atoms with van der Waals surface area (Å²) in [7, 11) is 3.16. The van der Waals surface area contributed by atoms with Crippen molar-refractivity contribution < 1.29 is 23.8 Å². The molecule has 0 bridgehead atoms. The first-order chi connectivity index (χ1) is 17.1. The molecule has 1 saturated carbocycles. The van der Waals surface area contributed by atoms with Gasteiger partial charge in [-0.2, -0.15) is 5.10 Å². The quantitative estimate of drug-likeness (QED) is 0.349. The van der Waals surface area contributed by atoms with Gasteiger partial charge in [-0.25, -0.2) is 9.18 Å². The van der Waals surface area contributed by atoms with Crippen LogP contribution >= 0.6 is 0 Å². The molecule has 5 rings (SSSR count). The van der Waals surface area contributed by atoms with Gasteiger partial charge in [0.25, 0.3) is 0 Å². The second kappa shape index (κ2) is 8.71. The van der Waals surface area contributed by atoms with E-state index in [0.29, 0.717) is 31.4 Å². The molecule has 0 unspecified atom stereocenters. The van der Waals surface area contributed by atoms with Crippen molar-refractivity contribution in [1.29, 1.82) is 0 Å². The summed E-state index contributed by atoms with van der Waals surface area (Å²) in [5, 5.41) is 19.3. The highest BCUT2D eigenvalue weighted by molar-refractivity contribution is 5.99. The molecule has 0 radical (unpaired) electrons. The Kier molecular flexibility index (Phi) is 5.92. The maximum Gasteiger partial charge on any atom is 0.335 e.